The molecule has 3 heteroatoms. The third kappa shape index (κ3) is 1.51. The molecule has 0 heterocycles. The van der Waals surface area contributed by atoms with Crippen LogP contribution in [0, 0.1) is 10.7 Å². The van der Waals surface area contributed by atoms with Gasteiger partial charge in [-0.2, -0.15) is 0 Å². The number of rotatable bonds is 2. The molecule has 10 heavy (non-hydrogen) atoms. The Morgan fingerprint density at radius 2 is 2.10 bits per heavy atom. The zero-order valence-corrected chi connectivity index (χ0v) is 7.41. The Kier molecular flexibility index (Phi) is 2.04. The Hall–Kier alpha value is -0.0500. The maximum absolute atomic E-state index is 11.1. The largest absolute Gasteiger partial charge is 0.253 e. The second-order valence-electron chi connectivity index (χ2n) is 3.27. The summed E-state index contributed by atoms with van der Waals surface area (Å²) in [7, 11) is -2.21. The molecule has 1 rings (SSSR count). The molecule has 1 aliphatic rings. The summed E-state index contributed by atoms with van der Waals surface area (Å²) < 4.78 is 18.4. The first-order valence-electron chi connectivity index (χ1n) is 3.76. The second kappa shape index (κ2) is 2.53. The van der Waals surface area contributed by atoms with E-state index in [4.69, 9.17) is 4.78 Å². The minimum Gasteiger partial charge on any atom is -0.253 e. The summed E-state index contributed by atoms with van der Waals surface area (Å²) >= 11 is 0. The lowest BCUT2D eigenvalue weighted by Gasteiger charge is -2.34. The van der Waals surface area contributed by atoms with Gasteiger partial charge in [-0.25, -0.2) is 4.21 Å². The van der Waals surface area contributed by atoms with Crippen LogP contribution in [0.25, 0.3) is 0 Å². The first kappa shape index (κ1) is 8.05. The Bertz CT molecular complexity index is 202. The lowest BCUT2D eigenvalue weighted by Crippen LogP contribution is -2.34. The molecule has 0 bridgehead atoms. The molecule has 0 amide bonds. The van der Waals surface area contributed by atoms with E-state index in [0.717, 1.165) is 18.8 Å². The molecule has 0 aromatic rings. The minimum atomic E-state index is -2.21. The van der Waals surface area contributed by atoms with Gasteiger partial charge in [-0.3, -0.25) is 4.78 Å². The maximum atomic E-state index is 11.1. The van der Waals surface area contributed by atoms with Gasteiger partial charge < -0.3 is 0 Å². The highest BCUT2D eigenvalue weighted by Gasteiger charge is 2.32. The van der Waals surface area contributed by atoms with Gasteiger partial charge in [-0.1, -0.05) is 13.3 Å². The Labute approximate surface area is 63.0 Å². The van der Waals surface area contributed by atoms with E-state index in [1.807, 2.05) is 0 Å². The molecule has 2 nitrogen and oxygen atoms in total. The molecule has 1 saturated carbocycles. The smallest absolute Gasteiger partial charge is 0.0441 e. The van der Waals surface area contributed by atoms with Gasteiger partial charge in [0.05, 0.1) is 0 Å². The van der Waals surface area contributed by atoms with Gasteiger partial charge in [0.1, 0.15) is 0 Å². The van der Waals surface area contributed by atoms with Crippen LogP contribution in [0.5, 0.6) is 0 Å². The predicted molar refractivity (Wildman–Crippen MR) is 43.6 cm³/mol. The van der Waals surface area contributed by atoms with Crippen LogP contribution in [0.4, 0.5) is 0 Å². The van der Waals surface area contributed by atoms with Crippen LogP contribution < -0.4 is 0 Å². The van der Waals surface area contributed by atoms with Gasteiger partial charge in [0.25, 0.3) is 0 Å². The average molecular weight is 161 g/mol. The van der Waals surface area contributed by atoms with Crippen LogP contribution >= 0.6 is 0 Å². The van der Waals surface area contributed by atoms with Crippen molar-refractivity contribution in [1.29, 1.82) is 4.78 Å². The van der Waals surface area contributed by atoms with Crippen LogP contribution in [0.2, 0.25) is 0 Å². The molecule has 0 aliphatic heterocycles. The average Bonchev–Trinajstić information content (AvgIpc) is 1.57. The molecular formula is C7H15NOS. The molecule has 0 spiro atoms. The Balaban J connectivity index is 2.41. The Morgan fingerprint density at radius 3 is 2.40 bits per heavy atom. The van der Waals surface area contributed by atoms with E-state index in [0.29, 0.717) is 0 Å². The standard InChI is InChI=1S/C7H15NOS/c1-3-6-4-7(5-6)10(2,8)9/h6-8H,3-5H2,1-2H3. The lowest BCUT2D eigenvalue weighted by molar-refractivity contribution is 0.313. The molecule has 0 aromatic heterocycles. The van der Waals surface area contributed by atoms with Gasteiger partial charge in [0.2, 0.25) is 0 Å². The fourth-order valence-corrected chi connectivity index (χ4v) is 2.65. The highest BCUT2D eigenvalue weighted by Crippen LogP contribution is 2.34. The monoisotopic (exact) mass is 161 g/mol. The SMILES string of the molecule is CCC1CC(S(C)(=N)=O)C1. The van der Waals surface area contributed by atoms with Crippen LogP contribution in [0.3, 0.4) is 0 Å². The normalized spacial score (nSPS) is 38.2. The van der Waals surface area contributed by atoms with Crippen LogP contribution in [0.15, 0.2) is 0 Å². The first-order chi connectivity index (χ1) is 4.54. The zero-order chi connectivity index (χ0) is 7.78. The lowest BCUT2D eigenvalue weighted by atomic mass is 9.83. The molecule has 0 radical (unpaired) electrons. The summed E-state index contributed by atoms with van der Waals surface area (Å²) in [6.07, 6.45) is 4.79. The van der Waals surface area contributed by atoms with Crippen molar-refractivity contribution in [1.82, 2.24) is 0 Å². The number of hydrogen-bond acceptors (Lipinski definition) is 2. The molecular weight excluding hydrogens is 146 g/mol. The molecule has 1 fully saturated rings. The van der Waals surface area contributed by atoms with E-state index < -0.39 is 9.73 Å². The van der Waals surface area contributed by atoms with E-state index in [-0.39, 0.29) is 5.25 Å². The van der Waals surface area contributed by atoms with Gasteiger partial charge in [-0.05, 0) is 18.8 Å². The molecule has 0 aromatic carbocycles. The molecule has 1 N–H and O–H groups in total. The van der Waals surface area contributed by atoms with E-state index >= 15 is 0 Å². The van der Waals surface area contributed by atoms with Crippen LogP contribution in [-0.2, 0) is 9.73 Å². The number of nitrogens with one attached hydrogen (secondary N) is 1. The fraction of sp³-hybridized carbons (Fsp3) is 1.00. The maximum Gasteiger partial charge on any atom is 0.0441 e. The molecule has 1 atom stereocenters. The summed E-state index contributed by atoms with van der Waals surface area (Å²) in [5.41, 5.74) is 0. The van der Waals surface area contributed by atoms with Crippen molar-refractivity contribution in [3.8, 4) is 0 Å². The van der Waals surface area contributed by atoms with E-state index in [1.165, 1.54) is 6.42 Å². The van der Waals surface area contributed by atoms with Gasteiger partial charge in [0, 0.05) is 21.2 Å². The number of hydrogen-bond donors (Lipinski definition) is 1. The topological polar surface area (TPSA) is 40.9 Å². The van der Waals surface area contributed by atoms with Gasteiger partial charge in [-0.15, -0.1) is 0 Å². The van der Waals surface area contributed by atoms with Crippen molar-refractivity contribution in [2.45, 2.75) is 31.4 Å². The van der Waals surface area contributed by atoms with Crippen molar-refractivity contribution < 1.29 is 4.21 Å². The van der Waals surface area contributed by atoms with E-state index in [2.05, 4.69) is 6.92 Å². The third-order valence-electron chi connectivity index (χ3n) is 2.41. The molecule has 1 aliphatic carbocycles. The molecule has 60 valence electrons. The summed E-state index contributed by atoms with van der Waals surface area (Å²) in [5.74, 6) is 0.760. The molecule has 0 saturated heterocycles. The quantitative estimate of drug-likeness (QED) is 0.659. The van der Waals surface area contributed by atoms with Crippen molar-refractivity contribution in [2.75, 3.05) is 6.26 Å². The second-order valence-corrected chi connectivity index (χ2v) is 5.75. The highest BCUT2D eigenvalue weighted by atomic mass is 32.2. The third-order valence-corrected chi connectivity index (χ3v) is 4.06. The fourth-order valence-electron chi connectivity index (χ4n) is 1.38. The van der Waals surface area contributed by atoms with Crippen molar-refractivity contribution >= 4 is 9.73 Å². The van der Waals surface area contributed by atoms with Crippen LogP contribution in [-0.4, -0.2) is 15.7 Å². The van der Waals surface area contributed by atoms with Crippen molar-refractivity contribution in [2.24, 2.45) is 5.92 Å². The van der Waals surface area contributed by atoms with Crippen molar-refractivity contribution in [3.05, 3.63) is 0 Å². The Morgan fingerprint density at radius 1 is 1.60 bits per heavy atom. The summed E-state index contributed by atoms with van der Waals surface area (Å²) in [6, 6.07) is 0. The van der Waals surface area contributed by atoms with Gasteiger partial charge in [0.15, 0.2) is 0 Å². The minimum absolute atomic E-state index is 0.206. The van der Waals surface area contributed by atoms with Gasteiger partial charge >= 0.3 is 0 Å². The van der Waals surface area contributed by atoms with E-state index in [9.17, 15) is 4.21 Å². The summed E-state index contributed by atoms with van der Waals surface area (Å²) in [5, 5.41) is 0.206. The van der Waals surface area contributed by atoms with Crippen LogP contribution in [0.1, 0.15) is 26.2 Å². The first-order valence-corrected chi connectivity index (χ1v) is 5.79. The summed E-state index contributed by atoms with van der Waals surface area (Å²) in [6.45, 7) is 2.16. The molecule has 1 unspecified atom stereocenters. The summed E-state index contributed by atoms with van der Waals surface area (Å²) in [4.78, 5) is 0. The highest BCUT2D eigenvalue weighted by molar-refractivity contribution is 7.92. The zero-order valence-electron chi connectivity index (χ0n) is 6.59. The van der Waals surface area contributed by atoms with E-state index in [1.54, 1.807) is 6.26 Å². The predicted octanol–water partition coefficient (Wildman–Crippen LogP) is 1.85. The van der Waals surface area contributed by atoms with Crippen molar-refractivity contribution in [3.63, 3.8) is 0 Å².